The number of hydrogen-bond acceptors (Lipinski definition) is 5. The molecule has 0 saturated carbocycles. The molecule has 0 aliphatic heterocycles. The van der Waals surface area contributed by atoms with Gasteiger partial charge in [-0.1, -0.05) is 0 Å². The van der Waals surface area contributed by atoms with Gasteiger partial charge in [0.25, 0.3) is 0 Å². The third-order valence-electron chi connectivity index (χ3n) is 2.86. The summed E-state index contributed by atoms with van der Waals surface area (Å²) in [5.41, 5.74) is 0.530. The number of sulfonamides is 1. The number of aryl methyl sites for hydroxylation is 1. The Morgan fingerprint density at radius 2 is 2.05 bits per heavy atom. The van der Waals surface area contributed by atoms with Crippen molar-refractivity contribution in [2.75, 3.05) is 12.4 Å². The zero-order valence-electron chi connectivity index (χ0n) is 11.5. The second-order valence-electron chi connectivity index (χ2n) is 4.41. The van der Waals surface area contributed by atoms with Gasteiger partial charge in [0.2, 0.25) is 10.0 Å². The molecule has 1 atom stereocenters. The van der Waals surface area contributed by atoms with Crippen molar-refractivity contribution < 1.29 is 8.42 Å². The maximum Gasteiger partial charge on any atom is 0.244 e. The number of aromatic nitrogens is 1. The smallest absolute Gasteiger partial charge is 0.244 e. The molecule has 2 rings (SSSR count). The van der Waals surface area contributed by atoms with Gasteiger partial charge in [-0.05, 0) is 32.0 Å². The minimum Gasteiger partial charge on any atom is -0.387 e. The van der Waals surface area contributed by atoms with E-state index in [1.165, 1.54) is 6.20 Å². The molecule has 2 N–H and O–H groups in total. The summed E-state index contributed by atoms with van der Waals surface area (Å²) < 4.78 is 27.5. The first-order valence-electron chi connectivity index (χ1n) is 6.14. The first-order valence-corrected chi connectivity index (χ1v) is 8.44. The standard InChI is InChI=1S/C13H17N3O2S2/c1-9-4-5-12(19-9)10(2)16-20(17,18)13-8-15-7-6-11(13)14-3/h4-8,10,16H,1-3H3,(H,14,15). The van der Waals surface area contributed by atoms with Crippen molar-refractivity contribution in [1.29, 1.82) is 0 Å². The van der Waals surface area contributed by atoms with Crippen LogP contribution in [-0.4, -0.2) is 20.4 Å². The fraction of sp³-hybridized carbons (Fsp3) is 0.308. The number of hydrogen-bond donors (Lipinski definition) is 2. The van der Waals surface area contributed by atoms with Gasteiger partial charge in [0.15, 0.2) is 0 Å². The van der Waals surface area contributed by atoms with Crippen molar-refractivity contribution in [1.82, 2.24) is 9.71 Å². The van der Waals surface area contributed by atoms with Crippen molar-refractivity contribution >= 4 is 27.0 Å². The Kier molecular flexibility index (Phi) is 4.42. The van der Waals surface area contributed by atoms with Crippen LogP contribution in [0.25, 0.3) is 0 Å². The van der Waals surface area contributed by atoms with E-state index >= 15 is 0 Å². The largest absolute Gasteiger partial charge is 0.387 e. The Morgan fingerprint density at radius 3 is 2.65 bits per heavy atom. The maximum absolute atomic E-state index is 12.4. The van der Waals surface area contributed by atoms with Crippen LogP contribution in [0.1, 0.15) is 22.7 Å². The Morgan fingerprint density at radius 1 is 1.30 bits per heavy atom. The molecule has 7 heteroatoms. The van der Waals surface area contributed by atoms with Crippen molar-refractivity contribution in [3.63, 3.8) is 0 Å². The number of rotatable bonds is 5. The van der Waals surface area contributed by atoms with Crippen molar-refractivity contribution in [2.45, 2.75) is 24.8 Å². The SMILES string of the molecule is CNc1ccncc1S(=O)(=O)NC(C)c1ccc(C)s1. The van der Waals surface area contributed by atoms with Crippen LogP contribution in [0.15, 0.2) is 35.5 Å². The predicted octanol–water partition coefficient (Wildman–Crippen LogP) is 2.53. The number of nitrogens with zero attached hydrogens (tertiary/aromatic N) is 1. The molecular weight excluding hydrogens is 294 g/mol. The summed E-state index contributed by atoms with van der Waals surface area (Å²) in [7, 11) is -1.93. The molecule has 1 unspecified atom stereocenters. The van der Waals surface area contributed by atoms with Gasteiger partial charge in [0, 0.05) is 29.2 Å². The zero-order valence-corrected chi connectivity index (χ0v) is 13.2. The summed E-state index contributed by atoms with van der Waals surface area (Å²) in [6, 6.07) is 5.28. The fourth-order valence-electron chi connectivity index (χ4n) is 1.84. The topological polar surface area (TPSA) is 71.1 Å². The quantitative estimate of drug-likeness (QED) is 0.890. The average Bonchev–Trinajstić information content (AvgIpc) is 2.85. The molecule has 0 aromatic carbocycles. The van der Waals surface area contributed by atoms with E-state index in [0.717, 1.165) is 9.75 Å². The Balaban J connectivity index is 2.27. The zero-order chi connectivity index (χ0) is 14.8. The van der Waals surface area contributed by atoms with Gasteiger partial charge < -0.3 is 5.32 Å². The highest BCUT2D eigenvalue weighted by Gasteiger charge is 2.22. The number of pyridine rings is 1. The van der Waals surface area contributed by atoms with E-state index in [1.54, 1.807) is 30.6 Å². The van der Waals surface area contributed by atoms with E-state index < -0.39 is 10.0 Å². The molecule has 20 heavy (non-hydrogen) atoms. The van der Waals surface area contributed by atoms with Crippen LogP contribution < -0.4 is 10.0 Å². The predicted molar refractivity (Wildman–Crippen MR) is 81.6 cm³/mol. The third-order valence-corrected chi connectivity index (χ3v) is 5.61. The second-order valence-corrected chi connectivity index (χ2v) is 7.42. The summed E-state index contributed by atoms with van der Waals surface area (Å²) >= 11 is 1.58. The third kappa shape index (κ3) is 3.17. The van der Waals surface area contributed by atoms with Gasteiger partial charge >= 0.3 is 0 Å². The minimum absolute atomic E-state index is 0.155. The molecule has 2 aromatic rings. The Hall–Kier alpha value is -1.44. The van der Waals surface area contributed by atoms with Crippen LogP contribution in [-0.2, 0) is 10.0 Å². The van der Waals surface area contributed by atoms with Gasteiger partial charge in [0.05, 0.1) is 11.7 Å². The molecule has 0 aliphatic rings. The van der Waals surface area contributed by atoms with Crippen molar-refractivity contribution in [3.05, 3.63) is 40.3 Å². The molecule has 2 heterocycles. The number of anilines is 1. The van der Waals surface area contributed by atoms with E-state index in [0.29, 0.717) is 5.69 Å². The molecule has 0 fully saturated rings. The summed E-state index contributed by atoms with van der Waals surface area (Å²) in [4.78, 5) is 6.19. The number of nitrogens with one attached hydrogen (secondary N) is 2. The molecule has 0 spiro atoms. The summed E-state index contributed by atoms with van der Waals surface area (Å²) in [6.45, 7) is 3.83. The fourth-order valence-corrected chi connectivity index (χ4v) is 4.17. The average molecular weight is 311 g/mol. The van der Waals surface area contributed by atoms with E-state index in [9.17, 15) is 8.42 Å². The minimum atomic E-state index is -3.61. The second kappa shape index (κ2) is 5.90. The van der Waals surface area contributed by atoms with Crippen LogP contribution in [0.5, 0.6) is 0 Å². The van der Waals surface area contributed by atoms with Crippen LogP contribution in [0.4, 0.5) is 5.69 Å². The van der Waals surface area contributed by atoms with Crippen molar-refractivity contribution in [2.24, 2.45) is 0 Å². The molecule has 2 aromatic heterocycles. The van der Waals surface area contributed by atoms with Gasteiger partial charge in [-0.15, -0.1) is 11.3 Å². The first kappa shape index (κ1) is 15.0. The highest BCUT2D eigenvalue weighted by Crippen LogP contribution is 2.25. The number of thiophene rings is 1. The molecule has 108 valence electrons. The van der Waals surface area contributed by atoms with Crippen LogP contribution in [0.3, 0.4) is 0 Å². The molecule has 0 saturated heterocycles. The van der Waals surface area contributed by atoms with Crippen molar-refractivity contribution in [3.8, 4) is 0 Å². The Labute approximate surface area is 123 Å². The summed E-state index contributed by atoms with van der Waals surface area (Å²) in [5, 5.41) is 2.86. The van der Waals surface area contributed by atoms with Crippen LogP contribution >= 0.6 is 11.3 Å². The highest BCUT2D eigenvalue weighted by molar-refractivity contribution is 7.89. The monoisotopic (exact) mass is 311 g/mol. The van der Waals surface area contributed by atoms with E-state index in [-0.39, 0.29) is 10.9 Å². The molecule has 0 radical (unpaired) electrons. The van der Waals surface area contributed by atoms with Gasteiger partial charge in [0.1, 0.15) is 4.90 Å². The normalized spacial score (nSPS) is 13.2. The highest BCUT2D eigenvalue weighted by atomic mass is 32.2. The van der Waals surface area contributed by atoms with E-state index in [2.05, 4.69) is 15.0 Å². The van der Waals surface area contributed by atoms with E-state index in [1.807, 2.05) is 26.0 Å². The van der Waals surface area contributed by atoms with Crippen LogP contribution in [0, 0.1) is 6.92 Å². The molecule has 5 nitrogen and oxygen atoms in total. The lowest BCUT2D eigenvalue weighted by molar-refractivity contribution is 0.568. The van der Waals surface area contributed by atoms with Crippen LogP contribution in [0.2, 0.25) is 0 Å². The summed E-state index contributed by atoms with van der Waals surface area (Å²) in [5.74, 6) is 0. The molecule has 0 amide bonds. The molecule has 0 bridgehead atoms. The van der Waals surface area contributed by atoms with E-state index in [4.69, 9.17) is 0 Å². The Bertz CT molecular complexity index is 695. The molecular formula is C13H17N3O2S2. The maximum atomic E-state index is 12.4. The molecule has 0 aliphatic carbocycles. The summed E-state index contributed by atoms with van der Waals surface area (Å²) in [6.07, 6.45) is 2.90. The lowest BCUT2D eigenvalue weighted by Gasteiger charge is -2.14. The first-order chi connectivity index (χ1) is 9.44. The lowest BCUT2D eigenvalue weighted by Crippen LogP contribution is -2.27. The lowest BCUT2D eigenvalue weighted by atomic mass is 10.3. The van der Waals surface area contributed by atoms with Gasteiger partial charge in [-0.25, -0.2) is 13.1 Å². The van der Waals surface area contributed by atoms with Gasteiger partial charge in [-0.3, -0.25) is 4.98 Å². The van der Waals surface area contributed by atoms with Gasteiger partial charge in [-0.2, -0.15) is 0 Å².